The van der Waals surface area contributed by atoms with Crippen molar-refractivity contribution in [1.29, 1.82) is 0 Å². The van der Waals surface area contributed by atoms with Crippen LogP contribution in [0.1, 0.15) is 24.8 Å². The Hall–Kier alpha value is -1.59. The van der Waals surface area contributed by atoms with Gasteiger partial charge in [-0.3, -0.25) is 4.79 Å². The van der Waals surface area contributed by atoms with E-state index in [0.29, 0.717) is 19.0 Å². The molecule has 5 heteroatoms. The molecule has 21 heavy (non-hydrogen) atoms. The summed E-state index contributed by atoms with van der Waals surface area (Å²) < 4.78 is 10.9. The fourth-order valence-electron chi connectivity index (χ4n) is 2.02. The summed E-state index contributed by atoms with van der Waals surface area (Å²) in [6.07, 6.45) is 2.57. The molecule has 1 fully saturated rings. The minimum Gasteiger partial charge on any atom is -0.493 e. The molecule has 1 saturated carbocycles. The smallest absolute Gasteiger partial charge is 0.222 e. The van der Waals surface area contributed by atoms with Gasteiger partial charge in [0.05, 0.1) is 19.1 Å². The molecule has 1 aliphatic rings. The van der Waals surface area contributed by atoms with Crippen LogP contribution in [0.25, 0.3) is 0 Å². The quantitative estimate of drug-likeness (QED) is 0.722. The van der Waals surface area contributed by atoms with Gasteiger partial charge in [0.2, 0.25) is 5.91 Å². The molecule has 0 spiro atoms. The lowest BCUT2D eigenvalue weighted by Crippen LogP contribution is -2.32. The van der Waals surface area contributed by atoms with E-state index in [1.54, 1.807) is 7.11 Å². The fourth-order valence-corrected chi connectivity index (χ4v) is 2.02. The zero-order valence-electron chi connectivity index (χ0n) is 12.5. The lowest BCUT2D eigenvalue weighted by atomic mass is 10.2. The zero-order chi connectivity index (χ0) is 15.1. The van der Waals surface area contributed by atoms with Crippen molar-refractivity contribution in [3.63, 3.8) is 0 Å². The first-order valence-electron chi connectivity index (χ1n) is 7.43. The molecule has 1 aromatic rings. The summed E-state index contributed by atoms with van der Waals surface area (Å²) in [6.45, 7) is 1.57. The number of nitrogens with two attached hydrogens (primary N) is 1. The van der Waals surface area contributed by atoms with Crippen LogP contribution in [0.3, 0.4) is 0 Å². The molecule has 1 amide bonds. The van der Waals surface area contributed by atoms with Gasteiger partial charge < -0.3 is 20.5 Å². The topological polar surface area (TPSA) is 73.6 Å². The van der Waals surface area contributed by atoms with Gasteiger partial charge in [0.15, 0.2) is 0 Å². The fraction of sp³-hybridized carbons (Fsp3) is 0.562. The Labute approximate surface area is 125 Å². The lowest BCUT2D eigenvalue weighted by molar-refractivity contribution is -0.123. The van der Waals surface area contributed by atoms with Crippen molar-refractivity contribution in [2.24, 2.45) is 11.7 Å². The maximum Gasteiger partial charge on any atom is 0.222 e. The normalized spacial score (nSPS) is 15.5. The number of hydrogen-bond donors (Lipinski definition) is 2. The third-order valence-corrected chi connectivity index (χ3v) is 3.63. The second kappa shape index (κ2) is 8.00. The maximum atomic E-state index is 11.8. The summed E-state index contributed by atoms with van der Waals surface area (Å²) in [6, 6.07) is 7.81. The van der Waals surface area contributed by atoms with Crippen molar-refractivity contribution in [3.8, 4) is 5.75 Å². The van der Waals surface area contributed by atoms with E-state index in [0.717, 1.165) is 17.9 Å². The van der Waals surface area contributed by atoms with E-state index >= 15 is 0 Å². The Morgan fingerprint density at radius 1 is 1.43 bits per heavy atom. The summed E-state index contributed by atoms with van der Waals surface area (Å²) in [7, 11) is 1.56. The highest BCUT2D eigenvalue weighted by Gasteiger charge is 2.22. The Morgan fingerprint density at radius 3 is 2.86 bits per heavy atom. The number of amides is 1. The third-order valence-electron chi connectivity index (χ3n) is 3.63. The first-order valence-corrected chi connectivity index (χ1v) is 7.43. The molecule has 3 N–H and O–H groups in total. The van der Waals surface area contributed by atoms with Crippen molar-refractivity contribution < 1.29 is 14.3 Å². The molecule has 0 aromatic heterocycles. The van der Waals surface area contributed by atoms with Gasteiger partial charge in [-0.2, -0.15) is 0 Å². The number of benzene rings is 1. The molecule has 116 valence electrons. The first kappa shape index (κ1) is 15.8. The number of rotatable bonds is 9. The SMILES string of the molecule is COC(CN)CC(=O)NCc1ccccc1OCC1CC1. The molecule has 1 atom stereocenters. The van der Waals surface area contributed by atoms with Gasteiger partial charge in [-0.25, -0.2) is 0 Å². The van der Waals surface area contributed by atoms with Crippen molar-refractivity contribution in [3.05, 3.63) is 29.8 Å². The van der Waals surface area contributed by atoms with E-state index in [2.05, 4.69) is 5.32 Å². The number of para-hydroxylation sites is 1. The number of carbonyl (C=O) groups is 1. The van der Waals surface area contributed by atoms with Gasteiger partial charge >= 0.3 is 0 Å². The second-order valence-electron chi connectivity index (χ2n) is 5.44. The molecule has 1 unspecified atom stereocenters. The Morgan fingerprint density at radius 2 is 2.19 bits per heavy atom. The summed E-state index contributed by atoms with van der Waals surface area (Å²) in [5, 5.41) is 2.89. The minimum absolute atomic E-state index is 0.0655. The Balaban J connectivity index is 1.82. The molecule has 1 aromatic carbocycles. The highest BCUT2D eigenvalue weighted by Crippen LogP contribution is 2.30. The van der Waals surface area contributed by atoms with Crippen LogP contribution < -0.4 is 15.8 Å². The van der Waals surface area contributed by atoms with Crippen molar-refractivity contribution in [2.45, 2.75) is 31.9 Å². The van der Waals surface area contributed by atoms with Crippen LogP contribution in [-0.4, -0.2) is 32.3 Å². The largest absolute Gasteiger partial charge is 0.493 e. The molecule has 5 nitrogen and oxygen atoms in total. The van der Waals surface area contributed by atoms with Crippen LogP contribution in [-0.2, 0) is 16.1 Å². The molecule has 2 rings (SSSR count). The van der Waals surface area contributed by atoms with Crippen molar-refractivity contribution in [2.75, 3.05) is 20.3 Å². The van der Waals surface area contributed by atoms with Gasteiger partial charge in [-0.15, -0.1) is 0 Å². The molecule has 1 aliphatic carbocycles. The van der Waals surface area contributed by atoms with Crippen molar-refractivity contribution in [1.82, 2.24) is 5.32 Å². The molecule has 0 heterocycles. The van der Waals surface area contributed by atoms with Crippen LogP contribution in [0, 0.1) is 5.92 Å². The third kappa shape index (κ3) is 5.36. The Bertz CT molecular complexity index is 457. The highest BCUT2D eigenvalue weighted by atomic mass is 16.5. The summed E-state index contributed by atoms with van der Waals surface area (Å²) in [5.41, 5.74) is 6.51. The maximum absolute atomic E-state index is 11.8. The summed E-state index contributed by atoms with van der Waals surface area (Å²) in [4.78, 5) is 11.8. The zero-order valence-corrected chi connectivity index (χ0v) is 12.5. The average Bonchev–Trinajstić information content (AvgIpc) is 3.33. The predicted octanol–water partition coefficient (Wildman–Crippen LogP) is 1.46. The first-order chi connectivity index (χ1) is 10.2. The average molecular weight is 292 g/mol. The number of ether oxygens (including phenoxy) is 2. The van der Waals surface area contributed by atoms with E-state index < -0.39 is 0 Å². The van der Waals surface area contributed by atoms with E-state index in [1.165, 1.54) is 12.8 Å². The molecular weight excluding hydrogens is 268 g/mol. The molecule has 0 radical (unpaired) electrons. The number of hydrogen-bond acceptors (Lipinski definition) is 4. The second-order valence-corrected chi connectivity index (χ2v) is 5.44. The molecular formula is C16H24N2O3. The van der Waals surface area contributed by atoms with E-state index in [-0.39, 0.29) is 18.4 Å². The lowest BCUT2D eigenvalue weighted by Gasteiger charge is -2.14. The number of carbonyl (C=O) groups excluding carboxylic acids is 1. The highest BCUT2D eigenvalue weighted by molar-refractivity contribution is 5.76. The summed E-state index contributed by atoms with van der Waals surface area (Å²) in [5.74, 6) is 1.50. The van der Waals surface area contributed by atoms with Gasteiger partial charge in [-0.1, -0.05) is 18.2 Å². The Kier molecular flexibility index (Phi) is 6.02. The van der Waals surface area contributed by atoms with Gasteiger partial charge in [0.25, 0.3) is 0 Å². The van der Waals surface area contributed by atoms with Crippen LogP contribution in [0.15, 0.2) is 24.3 Å². The standard InChI is InChI=1S/C16H24N2O3/c1-20-14(9-17)8-16(19)18-10-13-4-2-3-5-15(13)21-11-12-6-7-12/h2-5,12,14H,6-11,17H2,1H3,(H,18,19). The van der Waals surface area contributed by atoms with Gasteiger partial charge in [0.1, 0.15) is 5.75 Å². The van der Waals surface area contributed by atoms with E-state index in [1.807, 2.05) is 24.3 Å². The van der Waals surface area contributed by atoms with E-state index in [9.17, 15) is 4.79 Å². The van der Waals surface area contributed by atoms with Gasteiger partial charge in [-0.05, 0) is 24.8 Å². The predicted molar refractivity (Wildman–Crippen MR) is 81.0 cm³/mol. The van der Waals surface area contributed by atoms with Crippen LogP contribution in [0.5, 0.6) is 5.75 Å². The monoisotopic (exact) mass is 292 g/mol. The molecule has 0 saturated heterocycles. The van der Waals surface area contributed by atoms with E-state index in [4.69, 9.17) is 15.2 Å². The molecule has 0 aliphatic heterocycles. The van der Waals surface area contributed by atoms with Crippen molar-refractivity contribution >= 4 is 5.91 Å². The van der Waals surface area contributed by atoms with Crippen LogP contribution in [0.4, 0.5) is 0 Å². The molecule has 0 bridgehead atoms. The van der Waals surface area contributed by atoms with Crippen LogP contribution in [0.2, 0.25) is 0 Å². The van der Waals surface area contributed by atoms with Crippen LogP contribution >= 0.6 is 0 Å². The number of nitrogens with one attached hydrogen (secondary N) is 1. The van der Waals surface area contributed by atoms with Gasteiger partial charge in [0, 0.05) is 25.8 Å². The summed E-state index contributed by atoms with van der Waals surface area (Å²) >= 11 is 0. The number of methoxy groups -OCH3 is 1. The minimum atomic E-state index is -0.230.